The van der Waals surface area contributed by atoms with Crippen molar-refractivity contribution >= 4 is 27.6 Å². The van der Waals surface area contributed by atoms with Crippen LogP contribution in [0.2, 0.25) is 0 Å². The standard InChI is InChI=1S/C22H26N2O6S/c1-15-6-4-5-13-24(15)31(27,28)18-10-7-16(8-11-18)21(25)23-20-12-9-17(29-2)14-19(20)22(26)30-3/h7-12,14-15H,4-6,13H2,1-3H3,(H,23,25). The highest BCUT2D eigenvalue weighted by molar-refractivity contribution is 7.89. The molecule has 1 N–H and O–H groups in total. The normalized spacial score (nSPS) is 17.1. The lowest BCUT2D eigenvalue weighted by Gasteiger charge is -2.32. The molecule has 8 nitrogen and oxygen atoms in total. The first-order valence-electron chi connectivity index (χ1n) is 9.97. The summed E-state index contributed by atoms with van der Waals surface area (Å²) in [7, 11) is -0.902. The van der Waals surface area contributed by atoms with Crippen LogP contribution < -0.4 is 10.1 Å². The Bertz CT molecular complexity index is 1070. The summed E-state index contributed by atoms with van der Waals surface area (Å²) in [6.07, 6.45) is 2.70. The van der Waals surface area contributed by atoms with Crippen molar-refractivity contribution in [2.24, 2.45) is 0 Å². The lowest BCUT2D eigenvalue weighted by Crippen LogP contribution is -2.41. The van der Waals surface area contributed by atoms with Crippen LogP contribution >= 0.6 is 0 Å². The number of methoxy groups -OCH3 is 2. The molecule has 1 fully saturated rings. The number of anilines is 1. The molecule has 1 amide bonds. The quantitative estimate of drug-likeness (QED) is 0.683. The number of sulfonamides is 1. The Morgan fingerprint density at radius 1 is 1.06 bits per heavy atom. The Labute approximate surface area is 182 Å². The van der Waals surface area contributed by atoms with E-state index in [0.29, 0.717) is 12.3 Å². The molecule has 2 aromatic carbocycles. The van der Waals surface area contributed by atoms with Crippen molar-refractivity contribution in [3.63, 3.8) is 0 Å². The van der Waals surface area contributed by atoms with Crippen LogP contribution in [0.1, 0.15) is 46.9 Å². The smallest absolute Gasteiger partial charge is 0.340 e. The number of nitrogens with one attached hydrogen (secondary N) is 1. The molecular weight excluding hydrogens is 420 g/mol. The molecule has 0 aliphatic carbocycles. The summed E-state index contributed by atoms with van der Waals surface area (Å²) in [5.41, 5.74) is 0.669. The minimum absolute atomic E-state index is 0.0476. The maximum atomic E-state index is 12.9. The van der Waals surface area contributed by atoms with Crippen LogP contribution in [0.4, 0.5) is 5.69 Å². The van der Waals surface area contributed by atoms with Gasteiger partial charge in [0.15, 0.2) is 0 Å². The third-order valence-electron chi connectivity index (χ3n) is 5.35. The predicted molar refractivity (Wildman–Crippen MR) is 116 cm³/mol. The molecule has 9 heteroatoms. The highest BCUT2D eigenvalue weighted by Gasteiger charge is 2.31. The number of nitrogens with zero attached hydrogens (tertiary/aromatic N) is 1. The zero-order valence-electron chi connectivity index (χ0n) is 17.8. The second-order valence-corrected chi connectivity index (χ2v) is 9.23. The van der Waals surface area contributed by atoms with Gasteiger partial charge in [0.25, 0.3) is 5.91 Å². The summed E-state index contributed by atoms with van der Waals surface area (Å²) in [5.74, 6) is -0.656. The number of rotatable bonds is 6. The van der Waals surface area contributed by atoms with Gasteiger partial charge in [-0.05, 0) is 62.2 Å². The van der Waals surface area contributed by atoms with Gasteiger partial charge in [-0.15, -0.1) is 0 Å². The van der Waals surface area contributed by atoms with E-state index in [0.717, 1.165) is 19.3 Å². The van der Waals surface area contributed by atoms with Crippen LogP contribution in [0.25, 0.3) is 0 Å². The number of carbonyl (C=O) groups excluding carboxylic acids is 2. The van der Waals surface area contributed by atoms with Gasteiger partial charge >= 0.3 is 5.97 Å². The fourth-order valence-corrected chi connectivity index (χ4v) is 5.27. The van der Waals surface area contributed by atoms with Gasteiger partial charge in [-0.1, -0.05) is 6.42 Å². The number of hydrogen-bond donors (Lipinski definition) is 1. The van der Waals surface area contributed by atoms with E-state index in [-0.39, 0.29) is 27.8 Å². The number of amides is 1. The molecule has 2 aromatic rings. The summed E-state index contributed by atoms with van der Waals surface area (Å²) in [6.45, 7) is 2.41. The monoisotopic (exact) mass is 446 g/mol. The van der Waals surface area contributed by atoms with Gasteiger partial charge in [0.2, 0.25) is 10.0 Å². The van der Waals surface area contributed by atoms with Gasteiger partial charge in [0.05, 0.1) is 30.4 Å². The largest absolute Gasteiger partial charge is 0.497 e. The molecule has 1 atom stereocenters. The third kappa shape index (κ3) is 4.88. The predicted octanol–water partition coefficient (Wildman–Crippen LogP) is 3.30. The number of hydrogen-bond acceptors (Lipinski definition) is 6. The van der Waals surface area contributed by atoms with E-state index in [4.69, 9.17) is 9.47 Å². The Balaban J connectivity index is 1.81. The SMILES string of the molecule is COC(=O)c1cc(OC)ccc1NC(=O)c1ccc(S(=O)(=O)N2CCCCC2C)cc1. The average molecular weight is 447 g/mol. The molecule has 0 aromatic heterocycles. The molecule has 0 radical (unpaired) electrons. The summed E-state index contributed by atoms with van der Waals surface area (Å²) in [5, 5.41) is 2.67. The fourth-order valence-electron chi connectivity index (χ4n) is 3.58. The van der Waals surface area contributed by atoms with Gasteiger partial charge in [-0.2, -0.15) is 4.31 Å². The molecule has 0 saturated carbocycles. The molecule has 1 aliphatic heterocycles. The van der Waals surface area contributed by atoms with Gasteiger partial charge < -0.3 is 14.8 Å². The van der Waals surface area contributed by atoms with Crippen molar-refractivity contribution in [2.45, 2.75) is 37.1 Å². The molecule has 0 spiro atoms. The molecule has 1 heterocycles. The van der Waals surface area contributed by atoms with Crippen LogP contribution in [0, 0.1) is 0 Å². The molecular formula is C22H26N2O6S. The summed E-state index contributed by atoms with van der Waals surface area (Å²) in [6, 6.07) is 10.3. The van der Waals surface area contributed by atoms with E-state index in [1.807, 2.05) is 6.92 Å². The van der Waals surface area contributed by atoms with Crippen molar-refractivity contribution in [2.75, 3.05) is 26.1 Å². The second-order valence-electron chi connectivity index (χ2n) is 7.34. The Kier molecular flexibility index (Phi) is 6.97. The zero-order valence-corrected chi connectivity index (χ0v) is 18.6. The number of piperidine rings is 1. The van der Waals surface area contributed by atoms with Crippen LogP contribution in [-0.2, 0) is 14.8 Å². The van der Waals surface area contributed by atoms with E-state index >= 15 is 0 Å². The van der Waals surface area contributed by atoms with Gasteiger partial charge in [-0.25, -0.2) is 13.2 Å². The number of carbonyl (C=O) groups is 2. The van der Waals surface area contributed by atoms with Crippen molar-refractivity contribution in [3.05, 3.63) is 53.6 Å². The maximum Gasteiger partial charge on any atom is 0.340 e. The topological polar surface area (TPSA) is 102 Å². The Morgan fingerprint density at radius 3 is 2.39 bits per heavy atom. The number of esters is 1. The van der Waals surface area contributed by atoms with E-state index in [1.165, 1.54) is 48.9 Å². The minimum atomic E-state index is -3.62. The number of ether oxygens (including phenoxy) is 2. The Morgan fingerprint density at radius 2 is 1.77 bits per heavy atom. The van der Waals surface area contributed by atoms with Gasteiger partial charge in [-0.3, -0.25) is 4.79 Å². The number of benzene rings is 2. The van der Waals surface area contributed by atoms with E-state index in [1.54, 1.807) is 12.1 Å². The highest BCUT2D eigenvalue weighted by atomic mass is 32.2. The molecule has 166 valence electrons. The van der Waals surface area contributed by atoms with Crippen LogP contribution in [0.15, 0.2) is 47.4 Å². The highest BCUT2D eigenvalue weighted by Crippen LogP contribution is 2.26. The molecule has 31 heavy (non-hydrogen) atoms. The first-order valence-corrected chi connectivity index (χ1v) is 11.4. The van der Waals surface area contributed by atoms with Gasteiger partial charge in [0.1, 0.15) is 5.75 Å². The third-order valence-corrected chi connectivity index (χ3v) is 7.37. The van der Waals surface area contributed by atoms with E-state index in [2.05, 4.69) is 5.32 Å². The lowest BCUT2D eigenvalue weighted by atomic mass is 10.1. The lowest BCUT2D eigenvalue weighted by molar-refractivity contribution is 0.0601. The van der Waals surface area contributed by atoms with E-state index in [9.17, 15) is 18.0 Å². The molecule has 1 aliphatic rings. The second kappa shape index (κ2) is 9.49. The average Bonchev–Trinajstić information content (AvgIpc) is 2.79. The van der Waals surface area contributed by atoms with Crippen molar-refractivity contribution < 1.29 is 27.5 Å². The molecule has 1 unspecified atom stereocenters. The Hall–Kier alpha value is -2.91. The van der Waals surface area contributed by atoms with Crippen LogP contribution in [0.3, 0.4) is 0 Å². The molecule has 1 saturated heterocycles. The summed E-state index contributed by atoms with van der Waals surface area (Å²) >= 11 is 0. The zero-order chi connectivity index (χ0) is 22.6. The summed E-state index contributed by atoms with van der Waals surface area (Å²) in [4.78, 5) is 24.9. The van der Waals surface area contributed by atoms with Crippen LogP contribution in [0.5, 0.6) is 5.75 Å². The van der Waals surface area contributed by atoms with E-state index < -0.39 is 21.9 Å². The maximum absolute atomic E-state index is 12.9. The minimum Gasteiger partial charge on any atom is -0.497 e. The molecule has 0 bridgehead atoms. The van der Waals surface area contributed by atoms with Gasteiger partial charge in [0, 0.05) is 18.2 Å². The van der Waals surface area contributed by atoms with Crippen molar-refractivity contribution in [1.82, 2.24) is 4.31 Å². The summed E-state index contributed by atoms with van der Waals surface area (Å²) < 4.78 is 37.3. The van der Waals surface area contributed by atoms with Crippen molar-refractivity contribution in [3.8, 4) is 5.75 Å². The fraction of sp³-hybridized carbons (Fsp3) is 0.364. The van der Waals surface area contributed by atoms with Crippen LogP contribution in [-0.4, -0.2) is 51.4 Å². The van der Waals surface area contributed by atoms with Crippen molar-refractivity contribution in [1.29, 1.82) is 0 Å². The molecule has 3 rings (SSSR count). The first kappa shape index (κ1) is 22.8. The first-order chi connectivity index (χ1) is 14.8.